The van der Waals surface area contributed by atoms with E-state index in [9.17, 15) is 13.2 Å². The van der Waals surface area contributed by atoms with E-state index >= 15 is 0 Å². The van der Waals surface area contributed by atoms with Gasteiger partial charge in [0, 0.05) is 11.6 Å². The number of nitriles is 1. The van der Waals surface area contributed by atoms with Crippen molar-refractivity contribution in [3.63, 3.8) is 0 Å². The number of halogens is 3. The summed E-state index contributed by atoms with van der Waals surface area (Å²) in [6.07, 6.45) is 0. The zero-order chi connectivity index (χ0) is 18.7. The van der Waals surface area contributed by atoms with Crippen LogP contribution in [0, 0.1) is 35.7 Å². The van der Waals surface area contributed by atoms with Crippen molar-refractivity contribution < 1.29 is 22.6 Å². The van der Waals surface area contributed by atoms with Crippen LogP contribution in [0.1, 0.15) is 11.1 Å². The molecule has 2 aromatic carbocycles. The molecule has 0 saturated carbocycles. The number of benzene rings is 2. The van der Waals surface area contributed by atoms with Crippen LogP contribution in [0.2, 0.25) is 0 Å². The number of pyridine rings is 1. The monoisotopic (exact) mass is 356 g/mol. The molecule has 4 nitrogen and oxygen atoms in total. The number of rotatable bonds is 4. The average molecular weight is 356 g/mol. The van der Waals surface area contributed by atoms with Crippen LogP contribution in [0.15, 0.2) is 48.5 Å². The SMILES string of the molecule is Cc1c(F)c(Oc2cccc(F)c2)nc(Oc2cccc(C#N)c2)c1F. The van der Waals surface area contributed by atoms with Gasteiger partial charge in [0.15, 0.2) is 11.6 Å². The summed E-state index contributed by atoms with van der Waals surface area (Å²) in [4.78, 5) is 3.71. The summed E-state index contributed by atoms with van der Waals surface area (Å²) in [5.74, 6) is -3.53. The highest BCUT2D eigenvalue weighted by Crippen LogP contribution is 2.32. The molecule has 7 heteroatoms. The fraction of sp³-hybridized carbons (Fsp3) is 0.0526. The van der Waals surface area contributed by atoms with Crippen molar-refractivity contribution in [2.24, 2.45) is 0 Å². The van der Waals surface area contributed by atoms with Gasteiger partial charge in [-0.3, -0.25) is 0 Å². The molecule has 0 aliphatic carbocycles. The first kappa shape index (κ1) is 17.3. The highest BCUT2D eigenvalue weighted by atomic mass is 19.1. The molecular formula is C19H11F3N2O2. The van der Waals surface area contributed by atoms with Crippen molar-refractivity contribution in [3.8, 4) is 29.3 Å². The Balaban J connectivity index is 1.98. The zero-order valence-electron chi connectivity index (χ0n) is 13.5. The molecule has 0 spiro atoms. The minimum atomic E-state index is -1.02. The van der Waals surface area contributed by atoms with Crippen LogP contribution in [0.5, 0.6) is 23.3 Å². The molecular weight excluding hydrogens is 345 g/mol. The summed E-state index contributed by atoms with van der Waals surface area (Å²) in [7, 11) is 0. The van der Waals surface area contributed by atoms with Crippen molar-refractivity contribution in [2.75, 3.05) is 0 Å². The highest BCUT2D eigenvalue weighted by molar-refractivity contribution is 5.40. The van der Waals surface area contributed by atoms with E-state index in [2.05, 4.69) is 4.98 Å². The molecule has 0 fully saturated rings. The van der Waals surface area contributed by atoms with E-state index in [1.54, 1.807) is 12.1 Å². The fourth-order valence-electron chi connectivity index (χ4n) is 2.13. The maximum Gasteiger partial charge on any atom is 0.259 e. The highest BCUT2D eigenvalue weighted by Gasteiger charge is 2.21. The molecule has 0 N–H and O–H groups in total. The summed E-state index contributed by atoms with van der Waals surface area (Å²) >= 11 is 0. The van der Waals surface area contributed by atoms with E-state index in [4.69, 9.17) is 14.7 Å². The number of aromatic nitrogens is 1. The first-order valence-electron chi connectivity index (χ1n) is 7.45. The molecule has 26 heavy (non-hydrogen) atoms. The van der Waals surface area contributed by atoms with Gasteiger partial charge in [-0.15, -0.1) is 0 Å². The Kier molecular flexibility index (Phi) is 4.76. The lowest BCUT2D eigenvalue weighted by Gasteiger charge is -2.12. The van der Waals surface area contributed by atoms with E-state index in [0.29, 0.717) is 5.56 Å². The largest absolute Gasteiger partial charge is 0.436 e. The van der Waals surface area contributed by atoms with Gasteiger partial charge in [0.2, 0.25) is 0 Å². The second kappa shape index (κ2) is 7.15. The molecule has 130 valence electrons. The number of hydrogen-bond donors (Lipinski definition) is 0. The number of hydrogen-bond acceptors (Lipinski definition) is 4. The lowest BCUT2D eigenvalue weighted by molar-refractivity contribution is 0.372. The molecule has 0 amide bonds. The maximum atomic E-state index is 14.3. The standard InChI is InChI=1S/C19H11F3N2O2/c1-11-16(21)18(25-14-6-2-4-12(8-14)10-23)24-19(17(11)22)26-15-7-3-5-13(20)9-15/h2-9H,1H3. The molecule has 3 rings (SSSR count). The van der Waals surface area contributed by atoms with Crippen LogP contribution in [-0.2, 0) is 0 Å². The summed E-state index contributed by atoms with van der Waals surface area (Å²) < 4.78 is 52.4. The van der Waals surface area contributed by atoms with Gasteiger partial charge in [-0.2, -0.15) is 10.2 Å². The second-order valence-corrected chi connectivity index (χ2v) is 5.28. The Labute approximate surface area is 147 Å². The van der Waals surface area contributed by atoms with E-state index in [0.717, 1.165) is 6.07 Å². The first-order valence-corrected chi connectivity index (χ1v) is 7.45. The van der Waals surface area contributed by atoms with E-state index < -0.39 is 29.2 Å². The van der Waals surface area contributed by atoms with Crippen molar-refractivity contribution in [1.82, 2.24) is 4.98 Å². The molecule has 0 radical (unpaired) electrons. The van der Waals surface area contributed by atoms with Crippen LogP contribution >= 0.6 is 0 Å². The number of ether oxygens (including phenoxy) is 2. The van der Waals surface area contributed by atoms with Crippen molar-refractivity contribution in [1.29, 1.82) is 5.26 Å². The van der Waals surface area contributed by atoms with Crippen LogP contribution in [0.25, 0.3) is 0 Å². The second-order valence-electron chi connectivity index (χ2n) is 5.28. The quantitative estimate of drug-likeness (QED) is 0.639. The zero-order valence-corrected chi connectivity index (χ0v) is 13.5. The molecule has 1 heterocycles. The predicted molar refractivity (Wildman–Crippen MR) is 86.6 cm³/mol. The summed E-state index contributed by atoms with van der Waals surface area (Å²) in [6, 6.07) is 12.9. The average Bonchev–Trinajstić information content (AvgIpc) is 2.64. The third-order valence-corrected chi connectivity index (χ3v) is 3.43. The molecule has 0 unspecified atom stereocenters. The Bertz CT molecular complexity index is 1020. The van der Waals surface area contributed by atoms with E-state index in [1.165, 1.54) is 37.3 Å². The Hall–Kier alpha value is -3.53. The molecule has 0 aliphatic heterocycles. The van der Waals surface area contributed by atoms with Crippen LogP contribution < -0.4 is 9.47 Å². The smallest absolute Gasteiger partial charge is 0.259 e. The van der Waals surface area contributed by atoms with E-state index in [-0.39, 0.29) is 17.1 Å². The topological polar surface area (TPSA) is 55.1 Å². The molecule has 0 bridgehead atoms. The van der Waals surface area contributed by atoms with Gasteiger partial charge >= 0.3 is 0 Å². The van der Waals surface area contributed by atoms with Gasteiger partial charge in [-0.1, -0.05) is 12.1 Å². The Morgan fingerprint density at radius 2 is 1.46 bits per heavy atom. The van der Waals surface area contributed by atoms with Gasteiger partial charge < -0.3 is 9.47 Å². The molecule has 0 atom stereocenters. The van der Waals surface area contributed by atoms with Gasteiger partial charge in [0.05, 0.1) is 11.6 Å². The fourth-order valence-corrected chi connectivity index (χ4v) is 2.13. The van der Waals surface area contributed by atoms with E-state index in [1.807, 2.05) is 6.07 Å². The minimum Gasteiger partial charge on any atom is -0.436 e. The number of nitrogens with zero attached hydrogens (tertiary/aromatic N) is 2. The lowest BCUT2D eigenvalue weighted by Crippen LogP contribution is -2.02. The van der Waals surface area contributed by atoms with Gasteiger partial charge in [-0.25, -0.2) is 13.2 Å². The maximum absolute atomic E-state index is 14.3. The van der Waals surface area contributed by atoms with Crippen molar-refractivity contribution >= 4 is 0 Å². The third kappa shape index (κ3) is 3.59. The Morgan fingerprint density at radius 1 is 0.885 bits per heavy atom. The molecule has 0 saturated heterocycles. The van der Waals surface area contributed by atoms with Crippen molar-refractivity contribution in [3.05, 3.63) is 77.1 Å². The molecule has 1 aromatic heterocycles. The summed E-state index contributed by atoms with van der Waals surface area (Å²) in [5.41, 5.74) is -0.0594. The van der Waals surface area contributed by atoms with Crippen LogP contribution in [0.3, 0.4) is 0 Å². The third-order valence-electron chi connectivity index (χ3n) is 3.43. The minimum absolute atomic E-state index is 0.000152. The van der Waals surface area contributed by atoms with Crippen molar-refractivity contribution in [2.45, 2.75) is 6.92 Å². The lowest BCUT2D eigenvalue weighted by atomic mass is 10.2. The normalized spacial score (nSPS) is 10.3. The van der Waals surface area contributed by atoms with Gasteiger partial charge in [0.25, 0.3) is 11.8 Å². The Morgan fingerprint density at radius 3 is 2.04 bits per heavy atom. The first-order chi connectivity index (χ1) is 12.5. The predicted octanol–water partition coefficient (Wildman–Crippen LogP) is 5.26. The molecule has 0 aliphatic rings. The van der Waals surface area contributed by atoms with Crippen LogP contribution in [0.4, 0.5) is 13.2 Å². The molecule has 3 aromatic rings. The summed E-state index contributed by atoms with van der Waals surface area (Å²) in [5, 5.41) is 8.90. The van der Waals surface area contributed by atoms with Gasteiger partial charge in [-0.05, 0) is 37.3 Å². The van der Waals surface area contributed by atoms with Crippen LogP contribution in [-0.4, -0.2) is 4.98 Å². The van der Waals surface area contributed by atoms with Gasteiger partial charge in [0.1, 0.15) is 17.3 Å². The summed E-state index contributed by atoms with van der Waals surface area (Å²) in [6.45, 7) is 1.20.